The van der Waals surface area contributed by atoms with Crippen molar-refractivity contribution in [1.82, 2.24) is 9.80 Å². The second kappa shape index (κ2) is 9.18. The van der Waals surface area contributed by atoms with E-state index in [2.05, 4.69) is 5.32 Å². The van der Waals surface area contributed by atoms with Crippen LogP contribution in [-0.4, -0.2) is 60.1 Å². The lowest BCUT2D eigenvalue weighted by Crippen LogP contribution is -2.51. The van der Waals surface area contributed by atoms with E-state index in [0.29, 0.717) is 42.6 Å². The van der Waals surface area contributed by atoms with Crippen LogP contribution >= 0.6 is 23.6 Å². The number of ether oxygens (including phenoxy) is 1. The molecule has 0 aromatic carbocycles. The molecule has 2 aromatic rings. The molecule has 0 bridgehead atoms. The Morgan fingerprint density at radius 1 is 1.13 bits per heavy atom. The van der Waals surface area contributed by atoms with Crippen LogP contribution in [0.25, 0.3) is 0 Å². The van der Waals surface area contributed by atoms with Gasteiger partial charge in [0, 0.05) is 31.1 Å². The lowest BCUT2D eigenvalue weighted by atomic mass is 10.1. The summed E-state index contributed by atoms with van der Waals surface area (Å²) < 4.78 is 10.3. The lowest BCUT2D eigenvalue weighted by molar-refractivity contribution is 0.0600. The van der Waals surface area contributed by atoms with Gasteiger partial charge in [-0.1, -0.05) is 6.42 Å². The topological polar surface area (TPSA) is 75.0 Å². The number of carbonyl (C=O) groups is 2. The molecule has 9 heteroatoms. The normalized spacial score (nSPS) is 16.6. The van der Waals surface area contributed by atoms with Crippen molar-refractivity contribution in [1.29, 1.82) is 0 Å². The number of hydrogen-bond donors (Lipinski definition) is 1. The van der Waals surface area contributed by atoms with Gasteiger partial charge in [-0.15, -0.1) is 11.3 Å². The van der Waals surface area contributed by atoms with Crippen LogP contribution in [0.2, 0.25) is 0 Å². The first-order valence-corrected chi connectivity index (χ1v) is 11.4. The van der Waals surface area contributed by atoms with Crippen molar-refractivity contribution >= 4 is 45.5 Å². The van der Waals surface area contributed by atoms with E-state index in [-0.39, 0.29) is 11.9 Å². The maximum absolute atomic E-state index is 12.5. The molecule has 4 rings (SSSR count). The van der Waals surface area contributed by atoms with Gasteiger partial charge in [-0.05, 0) is 55.6 Å². The van der Waals surface area contributed by atoms with Crippen LogP contribution in [0.4, 0.5) is 5.00 Å². The van der Waals surface area contributed by atoms with Crippen molar-refractivity contribution < 1.29 is 18.7 Å². The molecule has 2 aromatic heterocycles. The van der Waals surface area contributed by atoms with Gasteiger partial charge < -0.3 is 24.3 Å². The Bertz CT molecular complexity index is 930. The third kappa shape index (κ3) is 4.22. The van der Waals surface area contributed by atoms with E-state index in [4.69, 9.17) is 21.4 Å². The highest BCUT2D eigenvalue weighted by molar-refractivity contribution is 7.80. The largest absolute Gasteiger partial charge is 0.465 e. The summed E-state index contributed by atoms with van der Waals surface area (Å²) in [6.45, 7) is 2.37. The number of nitrogens with zero attached hydrogens (tertiary/aromatic N) is 2. The number of amides is 1. The van der Waals surface area contributed by atoms with Gasteiger partial charge in [-0.2, -0.15) is 0 Å². The molecule has 7 nitrogen and oxygen atoms in total. The first-order valence-electron chi connectivity index (χ1n) is 10.2. The zero-order valence-electron chi connectivity index (χ0n) is 16.9. The van der Waals surface area contributed by atoms with Gasteiger partial charge in [0.2, 0.25) is 0 Å². The fraction of sp³-hybridized carbons (Fsp3) is 0.476. The van der Waals surface area contributed by atoms with Gasteiger partial charge >= 0.3 is 5.97 Å². The molecule has 1 saturated heterocycles. The van der Waals surface area contributed by atoms with Gasteiger partial charge in [0.1, 0.15) is 5.00 Å². The molecule has 30 heavy (non-hydrogen) atoms. The van der Waals surface area contributed by atoms with Gasteiger partial charge in [0.05, 0.1) is 18.9 Å². The minimum atomic E-state index is -0.312. The average Bonchev–Trinajstić information content (AvgIpc) is 3.36. The van der Waals surface area contributed by atoms with Crippen molar-refractivity contribution in [2.75, 3.05) is 38.6 Å². The third-order valence-electron chi connectivity index (χ3n) is 5.62. The Balaban J connectivity index is 1.43. The number of fused-ring (bicyclic) bond motifs is 1. The number of thiocarbonyl (C=S) groups is 1. The van der Waals surface area contributed by atoms with Gasteiger partial charge in [0.25, 0.3) is 5.91 Å². The number of nitrogens with one attached hydrogen (secondary N) is 1. The SMILES string of the molecule is COC(=O)c1c(NC(=S)N2CCN(C(=O)c3ccco3)CC2)sc2c1CCCCC2. The van der Waals surface area contributed by atoms with Crippen LogP contribution in [0.5, 0.6) is 0 Å². The van der Waals surface area contributed by atoms with E-state index < -0.39 is 0 Å². The predicted octanol–water partition coefficient (Wildman–Crippen LogP) is 3.55. The number of esters is 1. The fourth-order valence-electron chi connectivity index (χ4n) is 3.99. The van der Waals surface area contributed by atoms with E-state index in [9.17, 15) is 9.59 Å². The van der Waals surface area contributed by atoms with E-state index in [0.717, 1.165) is 36.2 Å². The summed E-state index contributed by atoms with van der Waals surface area (Å²) in [6.07, 6.45) is 6.81. The summed E-state index contributed by atoms with van der Waals surface area (Å²) in [5.74, 6) is -0.0611. The molecule has 160 valence electrons. The molecule has 1 fully saturated rings. The number of aryl methyl sites for hydroxylation is 1. The summed E-state index contributed by atoms with van der Waals surface area (Å²) in [5.41, 5.74) is 1.75. The van der Waals surface area contributed by atoms with Crippen molar-refractivity contribution in [3.05, 3.63) is 40.2 Å². The van der Waals surface area contributed by atoms with Gasteiger partial charge in [-0.3, -0.25) is 4.79 Å². The van der Waals surface area contributed by atoms with Crippen molar-refractivity contribution in [3.8, 4) is 0 Å². The molecule has 1 aliphatic heterocycles. The highest BCUT2D eigenvalue weighted by atomic mass is 32.1. The molecule has 0 atom stereocenters. The number of anilines is 1. The van der Waals surface area contributed by atoms with Crippen LogP contribution in [-0.2, 0) is 17.6 Å². The van der Waals surface area contributed by atoms with Crippen molar-refractivity contribution in [2.24, 2.45) is 0 Å². The molecule has 1 N–H and O–H groups in total. The van der Waals surface area contributed by atoms with E-state index in [1.165, 1.54) is 24.7 Å². The quantitative estimate of drug-likeness (QED) is 0.438. The molecular weight excluding hydrogens is 422 g/mol. The molecule has 0 unspecified atom stereocenters. The highest BCUT2D eigenvalue weighted by Crippen LogP contribution is 2.38. The third-order valence-corrected chi connectivity index (χ3v) is 7.18. The lowest BCUT2D eigenvalue weighted by Gasteiger charge is -2.35. The van der Waals surface area contributed by atoms with E-state index >= 15 is 0 Å². The number of furan rings is 1. The number of hydrogen-bond acceptors (Lipinski definition) is 6. The fourth-order valence-corrected chi connectivity index (χ4v) is 5.62. The van der Waals surface area contributed by atoms with Crippen LogP contribution in [0.15, 0.2) is 22.8 Å². The second-order valence-corrected chi connectivity index (χ2v) is 8.94. The summed E-state index contributed by atoms with van der Waals surface area (Å²) in [7, 11) is 1.42. The highest BCUT2D eigenvalue weighted by Gasteiger charge is 2.28. The number of methoxy groups -OCH3 is 1. The Labute approximate surface area is 185 Å². The zero-order valence-corrected chi connectivity index (χ0v) is 18.6. The minimum Gasteiger partial charge on any atom is -0.465 e. The smallest absolute Gasteiger partial charge is 0.341 e. The van der Waals surface area contributed by atoms with Gasteiger partial charge in [0.15, 0.2) is 10.9 Å². The molecule has 0 saturated carbocycles. The summed E-state index contributed by atoms with van der Waals surface area (Å²) in [4.78, 5) is 30.0. The Morgan fingerprint density at radius 3 is 2.57 bits per heavy atom. The number of carbonyl (C=O) groups excluding carboxylic acids is 2. The summed E-state index contributed by atoms with van der Waals surface area (Å²) in [5, 5.41) is 4.64. The Hall–Kier alpha value is -2.39. The van der Waals surface area contributed by atoms with Crippen LogP contribution in [0, 0.1) is 0 Å². The number of piperazine rings is 1. The maximum atomic E-state index is 12.5. The molecule has 1 aliphatic carbocycles. The van der Waals surface area contributed by atoms with Gasteiger partial charge in [-0.25, -0.2) is 4.79 Å². The monoisotopic (exact) mass is 447 g/mol. The number of thiophene rings is 1. The molecule has 2 aliphatic rings. The molecule has 1 amide bonds. The predicted molar refractivity (Wildman–Crippen MR) is 119 cm³/mol. The number of rotatable bonds is 3. The van der Waals surface area contributed by atoms with Crippen molar-refractivity contribution in [3.63, 3.8) is 0 Å². The zero-order chi connectivity index (χ0) is 21.1. The summed E-state index contributed by atoms with van der Waals surface area (Å²) >= 11 is 7.25. The van der Waals surface area contributed by atoms with Crippen LogP contribution in [0.3, 0.4) is 0 Å². The molecular formula is C21H25N3O4S2. The molecule has 3 heterocycles. The molecule has 0 spiro atoms. The minimum absolute atomic E-state index is 0.103. The van der Waals surface area contributed by atoms with E-state index in [1.807, 2.05) is 4.90 Å². The van der Waals surface area contributed by atoms with Crippen LogP contribution in [0.1, 0.15) is 50.6 Å². The standard InChI is InChI=1S/C21H25N3O4S2/c1-27-20(26)17-14-6-3-2-4-8-16(14)30-18(17)22-21(29)24-11-9-23(10-12-24)19(25)15-7-5-13-28-15/h5,7,13H,2-4,6,8-12H2,1H3,(H,22,29). The average molecular weight is 448 g/mol. The first kappa shape index (κ1) is 20.9. The first-order chi connectivity index (χ1) is 14.6. The Kier molecular flexibility index (Phi) is 6.38. The van der Waals surface area contributed by atoms with Crippen LogP contribution < -0.4 is 5.32 Å². The van der Waals surface area contributed by atoms with Crippen molar-refractivity contribution in [2.45, 2.75) is 32.1 Å². The second-order valence-electron chi connectivity index (χ2n) is 7.45. The Morgan fingerprint density at radius 2 is 1.87 bits per heavy atom. The maximum Gasteiger partial charge on any atom is 0.341 e. The summed E-state index contributed by atoms with van der Waals surface area (Å²) in [6, 6.07) is 3.39. The molecule has 0 radical (unpaired) electrons. The van der Waals surface area contributed by atoms with E-state index in [1.54, 1.807) is 28.4 Å².